The Bertz CT molecular complexity index is 453. The molecule has 1 saturated heterocycles. The first-order chi connectivity index (χ1) is 9.08. The molecule has 0 spiro atoms. The predicted molar refractivity (Wildman–Crippen MR) is 67.1 cm³/mol. The Kier molecular flexibility index (Phi) is 4.26. The summed E-state index contributed by atoms with van der Waals surface area (Å²) < 4.78 is 27.1. The fraction of sp³-hybridized carbons (Fsp3) is 0.500. The van der Waals surface area contributed by atoms with Gasteiger partial charge in [0.1, 0.15) is 5.69 Å². The van der Waals surface area contributed by atoms with Crippen LogP contribution in [-0.2, 0) is 0 Å². The molecule has 2 rings (SSSR count). The largest absolute Gasteiger partial charge is 0.380 e. The molecule has 1 aliphatic rings. The Morgan fingerprint density at radius 3 is 2.63 bits per heavy atom. The van der Waals surface area contributed by atoms with Crippen LogP contribution < -0.4 is 10.6 Å². The minimum Gasteiger partial charge on any atom is -0.380 e. The first-order valence-electron chi connectivity index (χ1n) is 6.18. The van der Waals surface area contributed by atoms with Crippen LogP contribution in [0, 0.1) is 21.7 Å². The molecule has 5 nitrogen and oxygen atoms in total. The SMILES string of the molecule is O=[N+]([O-])c1cc(F)c(NCC[C@H]2CCCN2)c(F)c1. The van der Waals surface area contributed by atoms with Gasteiger partial charge in [-0.25, -0.2) is 8.78 Å². The summed E-state index contributed by atoms with van der Waals surface area (Å²) in [7, 11) is 0. The van der Waals surface area contributed by atoms with Crippen LogP contribution in [0.5, 0.6) is 0 Å². The highest BCUT2D eigenvalue weighted by molar-refractivity contribution is 5.51. The molecule has 2 N–H and O–H groups in total. The van der Waals surface area contributed by atoms with Crippen LogP contribution in [-0.4, -0.2) is 24.1 Å². The molecular formula is C12H15F2N3O2. The molecule has 0 radical (unpaired) electrons. The Balaban J connectivity index is 1.97. The first kappa shape index (κ1) is 13.7. The molecule has 19 heavy (non-hydrogen) atoms. The summed E-state index contributed by atoms with van der Waals surface area (Å²) in [6, 6.07) is 1.81. The van der Waals surface area contributed by atoms with Crippen molar-refractivity contribution in [3.05, 3.63) is 33.9 Å². The smallest absolute Gasteiger partial charge is 0.275 e. The first-order valence-corrected chi connectivity index (χ1v) is 6.18. The van der Waals surface area contributed by atoms with Crippen molar-refractivity contribution in [2.45, 2.75) is 25.3 Å². The Hall–Kier alpha value is -1.76. The Labute approximate surface area is 109 Å². The summed E-state index contributed by atoms with van der Waals surface area (Å²) in [5, 5.41) is 16.4. The maximum atomic E-state index is 13.5. The summed E-state index contributed by atoms with van der Waals surface area (Å²) in [5.41, 5.74) is -0.887. The number of non-ortho nitro benzene ring substituents is 1. The molecule has 1 aromatic rings. The molecule has 7 heteroatoms. The molecule has 0 aliphatic carbocycles. The second-order valence-electron chi connectivity index (χ2n) is 4.55. The second kappa shape index (κ2) is 5.92. The van der Waals surface area contributed by atoms with Crippen LogP contribution in [0.25, 0.3) is 0 Å². The predicted octanol–water partition coefficient (Wildman–Crippen LogP) is 2.43. The van der Waals surface area contributed by atoms with Crippen molar-refractivity contribution in [3.8, 4) is 0 Å². The zero-order chi connectivity index (χ0) is 13.8. The van der Waals surface area contributed by atoms with Gasteiger partial charge in [0, 0.05) is 12.6 Å². The van der Waals surface area contributed by atoms with Crippen molar-refractivity contribution < 1.29 is 13.7 Å². The van der Waals surface area contributed by atoms with E-state index in [1.54, 1.807) is 0 Å². The van der Waals surface area contributed by atoms with Crippen molar-refractivity contribution in [2.75, 3.05) is 18.4 Å². The van der Waals surface area contributed by atoms with E-state index in [2.05, 4.69) is 10.6 Å². The number of benzene rings is 1. The van der Waals surface area contributed by atoms with Crippen molar-refractivity contribution >= 4 is 11.4 Å². The van der Waals surface area contributed by atoms with Gasteiger partial charge in [0.15, 0.2) is 11.6 Å². The number of anilines is 1. The van der Waals surface area contributed by atoms with Gasteiger partial charge in [-0.2, -0.15) is 0 Å². The van der Waals surface area contributed by atoms with Crippen LogP contribution in [0.1, 0.15) is 19.3 Å². The van der Waals surface area contributed by atoms with Crippen molar-refractivity contribution in [3.63, 3.8) is 0 Å². The lowest BCUT2D eigenvalue weighted by atomic mass is 10.1. The van der Waals surface area contributed by atoms with E-state index in [0.717, 1.165) is 37.9 Å². The maximum absolute atomic E-state index is 13.5. The molecule has 0 bridgehead atoms. The van der Waals surface area contributed by atoms with Crippen LogP contribution in [0.2, 0.25) is 0 Å². The molecular weight excluding hydrogens is 256 g/mol. The van der Waals surface area contributed by atoms with E-state index in [0.29, 0.717) is 12.6 Å². The van der Waals surface area contributed by atoms with Crippen molar-refractivity contribution in [1.29, 1.82) is 0 Å². The summed E-state index contributed by atoms with van der Waals surface area (Å²) in [6.45, 7) is 1.40. The summed E-state index contributed by atoms with van der Waals surface area (Å²) in [4.78, 5) is 9.63. The molecule has 0 amide bonds. The molecule has 0 saturated carbocycles. The van der Waals surface area contributed by atoms with Gasteiger partial charge in [0.25, 0.3) is 5.69 Å². The van der Waals surface area contributed by atoms with Gasteiger partial charge in [-0.1, -0.05) is 0 Å². The second-order valence-corrected chi connectivity index (χ2v) is 4.55. The van der Waals surface area contributed by atoms with Gasteiger partial charge in [0.05, 0.1) is 17.1 Å². The number of hydrogen-bond acceptors (Lipinski definition) is 4. The average Bonchev–Trinajstić information content (AvgIpc) is 2.85. The number of nitro groups is 1. The van der Waals surface area contributed by atoms with Gasteiger partial charge < -0.3 is 10.6 Å². The number of nitrogens with one attached hydrogen (secondary N) is 2. The van der Waals surface area contributed by atoms with Crippen LogP contribution >= 0.6 is 0 Å². The van der Waals surface area contributed by atoms with E-state index < -0.39 is 22.2 Å². The fourth-order valence-electron chi connectivity index (χ4n) is 2.21. The summed E-state index contributed by atoms with van der Waals surface area (Å²) in [6.07, 6.45) is 2.94. The van der Waals surface area contributed by atoms with E-state index >= 15 is 0 Å². The number of hydrogen-bond donors (Lipinski definition) is 2. The van der Waals surface area contributed by atoms with Crippen LogP contribution in [0.4, 0.5) is 20.2 Å². The highest BCUT2D eigenvalue weighted by atomic mass is 19.1. The highest BCUT2D eigenvalue weighted by Crippen LogP contribution is 2.24. The van der Waals surface area contributed by atoms with Crippen LogP contribution in [0.15, 0.2) is 12.1 Å². The van der Waals surface area contributed by atoms with Gasteiger partial charge in [-0.05, 0) is 25.8 Å². The molecule has 1 fully saturated rings. The molecule has 1 heterocycles. The lowest BCUT2D eigenvalue weighted by Gasteiger charge is -2.12. The average molecular weight is 271 g/mol. The quantitative estimate of drug-likeness (QED) is 0.637. The third-order valence-corrected chi connectivity index (χ3v) is 3.19. The van der Waals surface area contributed by atoms with Crippen molar-refractivity contribution in [1.82, 2.24) is 5.32 Å². The van der Waals surface area contributed by atoms with E-state index in [4.69, 9.17) is 0 Å². The molecule has 1 atom stereocenters. The molecule has 1 aromatic carbocycles. The summed E-state index contributed by atoms with van der Waals surface area (Å²) in [5.74, 6) is -1.88. The van der Waals surface area contributed by atoms with Gasteiger partial charge in [0.2, 0.25) is 0 Å². The van der Waals surface area contributed by atoms with Gasteiger partial charge in [-0.3, -0.25) is 10.1 Å². The standard InChI is InChI=1S/C12H15F2N3O2/c13-10-6-9(17(18)19)7-11(14)12(10)16-5-3-8-2-1-4-15-8/h6-8,15-16H,1-5H2/t8-/m1/s1. The number of rotatable bonds is 5. The highest BCUT2D eigenvalue weighted by Gasteiger charge is 2.18. The third-order valence-electron chi connectivity index (χ3n) is 3.19. The van der Waals surface area contributed by atoms with Crippen molar-refractivity contribution in [2.24, 2.45) is 0 Å². The van der Waals surface area contributed by atoms with E-state index in [1.807, 2.05) is 0 Å². The summed E-state index contributed by atoms with van der Waals surface area (Å²) >= 11 is 0. The minimum atomic E-state index is -0.939. The van der Waals surface area contributed by atoms with E-state index in [1.165, 1.54) is 0 Å². The Morgan fingerprint density at radius 1 is 1.42 bits per heavy atom. The van der Waals surface area contributed by atoms with Gasteiger partial charge in [-0.15, -0.1) is 0 Å². The third kappa shape index (κ3) is 3.37. The topological polar surface area (TPSA) is 67.2 Å². The zero-order valence-electron chi connectivity index (χ0n) is 10.3. The van der Waals surface area contributed by atoms with E-state index in [-0.39, 0.29) is 5.69 Å². The number of nitro benzene ring substituents is 1. The zero-order valence-corrected chi connectivity index (χ0v) is 10.3. The minimum absolute atomic E-state index is 0.302. The number of halogens is 2. The van der Waals surface area contributed by atoms with Gasteiger partial charge >= 0.3 is 0 Å². The Morgan fingerprint density at radius 2 is 2.11 bits per heavy atom. The monoisotopic (exact) mass is 271 g/mol. The molecule has 1 aliphatic heterocycles. The lowest BCUT2D eigenvalue weighted by Crippen LogP contribution is -2.24. The molecule has 0 unspecified atom stereocenters. The normalized spacial score (nSPS) is 18.5. The maximum Gasteiger partial charge on any atom is 0.275 e. The van der Waals surface area contributed by atoms with E-state index in [9.17, 15) is 18.9 Å². The lowest BCUT2D eigenvalue weighted by molar-refractivity contribution is -0.385. The molecule has 104 valence electrons. The number of nitrogens with zero attached hydrogens (tertiary/aromatic N) is 1. The van der Waals surface area contributed by atoms with Crippen LogP contribution in [0.3, 0.4) is 0 Å². The fourth-order valence-corrected chi connectivity index (χ4v) is 2.21. The molecule has 0 aromatic heterocycles.